The van der Waals surface area contributed by atoms with Crippen molar-refractivity contribution in [2.24, 2.45) is 5.92 Å². The van der Waals surface area contributed by atoms with Crippen LogP contribution < -0.4 is 10.1 Å². The van der Waals surface area contributed by atoms with E-state index in [1.165, 1.54) is 0 Å². The van der Waals surface area contributed by atoms with Gasteiger partial charge in [-0.1, -0.05) is 26.0 Å². The van der Waals surface area contributed by atoms with Gasteiger partial charge in [0.15, 0.2) is 0 Å². The van der Waals surface area contributed by atoms with Gasteiger partial charge in [0, 0.05) is 6.54 Å². The minimum atomic E-state index is -1.03. The summed E-state index contributed by atoms with van der Waals surface area (Å²) >= 11 is 0. The van der Waals surface area contributed by atoms with Crippen LogP contribution >= 0.6 is 0 Å². The number of ether oxygens (including phenoxy) is 1. The molecule has 1 amide bonds. The van der Waals surface area contributed by atoms with Crippen molar-refractivity contribution in [1.82, 2.24) is 10.2 Å². The van der Waals surface area contributed by atoms with Gasteiger partial charge in [-0.3, -0.25) is 4.79 Å². The topological polar surface area (TPSA) is 78.9 Å². The van der Waals surface area contributed by atoms with Crippen molar-refractivity contribution in [3.63, 3.8) is 0 Å². The molecule has 6 nitrogen and oxygen atoms in total. The lowest BCUT2D eigenvalue weighted by atomic mass is 10.0. The summed E-state index contributed by atoms with van der Waals surface area (Å²) in [5.74, 6) is -0.833. The first-order valence-corrected chi connectivity index (χ1v) is 7.71. The number of hydrogen-bond donors (Lipinski definition) is 2. The Hall–Kier alpha value is -2.08. The molecule has 0 aromatic heterocycles. The van der Waals surface area contributed by atoms with Crippen LogP contribution in [0.2, 0.25) is 0 Å². The predicted octanol–water partition coefficient (Wildman–Crippen LogP) is 1.86. The van der Waals surface area contributed by atoms with E-state index in [1.807, 2.05) is 32.8 Å². The number of aliphatic carboxylic acids is 1. The molecule has 1 aromatic carbocycles. The first kappa shape index (κ1) is 19.0. The van der Waals surface area contributed by atoms with E-state index in [0.29, 0.717) is 24.3 Å². The van der Waals surface area contributed by atoms with Crippen LogP contribution in [0.15, 0.2) is 24.3 Å². The molecule has 0 saturated carbocycles. The molecule has 1 atom stereocenters. The van der Waals surface area contributed by atoms with E-state index in [2.05, 4.69) is 5.32 Å². The largest absolute Gasteiger partial charge is 0.491 e. The minimum Gasteiger partial charge on any atom is -0.491 e. The highest BCUT2D eigenvalue weighted by Crippen LogP contribution is 2.18. The zero-order valence-electron chi connectivity index (χ0n) is 14.2. The second-order valence-corrected chi connectivity index (χ2v) is 6.14. The summed E-state index contributed by atoms with van der Waals surface area (Å²) in [6.07, 6.45) is 0.380. The van der Waals surface area contributed by atoms with Crippen LogP contribution in [0.1, 0.15) is 30.6 Å². The fraction of sp³-hybridized carbons (Fsp3) is 0.529. The molecule has 23 heavy (non-hydrogen) atoms. The SMILES string of the molecule is CC(C)CC(NC(=O)c1ccccc1OCCN(C)C)C(=O)O. The number of carboxylic acids is 1. The molecule has 128 valence electrons. The molecule has 0 aliphatic carbocycles. The van der Waals surface area contributed by atoms with Gasteiger partial charge in [-0.05, 0) is 38.6 Å². The lowest BCUT2D eigenvalue weighted by molar-refractivity contribution is -0.139. The quantitative estimate of drug-likeness (QED) is 0.725. The Balaban J connectivity index is 2.80. The third-order valence-electron chi connectivity index (χ3n) is 3.24. The highest BCUT2D eigenvalue weighted by atomic mass is 16.5. The molecule has 0 aliphatic rings. The van der Waals surface area contributed by atoms with Gasteiger partial charge >= 0.3 is 5.97 Å². The number of carbonyl (C=O) groups is 2. The Morgan fingerprint density at radius 3 is 2.48 bits per heavy atom. The summed E-state index contributed by atoms with van der Waals surface area (Å²) in [5.41, 5.74) is 0.348. The lowest BCUT2D eigenvalue weighted by Crippen LogP contribution is -2.41. The van der Waals surface area contributed by atoms with Gasteiger partial charge in [-0.2, -0.15) is 0 Å². The molecular formula is C17H26N2O4. The summed E-state index contributed by atoms with van der Waals surface area (Å²) in [6, 6.07) is 5.95. The number of carboxylic acid groups (broad SMARTS) is 1. The maximum atomic E-state index is 12.4. The van der Waals surface area contributed by atoms with Crippen molar-refractivity contribution in [2.45, 2.75) is 26.3 Å². The molecule has 1 rings (SSSR count). The predicted molar refractivity (Wildman–Crippen MR) is 88.8 cm³/mol. The number of para-hydroxylation sites is 1. The summed E-state index contributed by atoms with van der Waals surface area (Å²) in [4.78, 5) is 25.7. The van der Waals surface area contributed by atoms with E-state index in [1.54, 1.807) is 24.3 Å². The Bertz CT molecular complexity index is 529. The maximum Gasteiger partial charge on any atom is 0.326 e. The second kappa shape index (κ2) is 9.15. The zero-order chi connectivity index (χ0) is 17.4. The minimum absolute atomic E-state index is 0.169. The first-order valence-electron chi connectivity index (χ1n) is 7.71. The molecule has 1 aromatic rings. The number of likely N-dealkylation sites (N-methyl/N-ethyl adjacent to an activating group) is 1. The van der Waals surface area contributed by atoms with Crippen molar-refractivity contribution in [3.05, 3.63) is 29.8 Å². The van der Waals surface area contributed by atoms with Gasteiger partial charge in [0.05, 0.1) is 5.56 Å². The van der Waals surface area contributed by atoms with E-state index < -0.39 is 17.9 Å². The third kappa shape index (κ3) is 6.69. The van der Waals surface area contributed by atoms with Crippen LogP contribution in [0, 0.1) is 5.92 Å². The van der Waals surface area contributed by atoms with Gasteiger partial charge < -0.3 is 20.1 Å². The Labute approximate surface area is 137 Å². The molecule has 0 spiro atoms. The highest BCUT2D eigenvalue weighted by Gasteiger charge is 2.23. The monoisotopic (exact) mass is 322 g/mol. The molecular weight excluding hydrogens is 296 g/mol. The van der Waals surface area contributed by atoms with Gasteiger partial charge in [0.1, 0.15) is 18.4 Å². The Kier molecular flexibility index (Phi) is 7.54. The van der Waals surface area contributed by atoms with Crippen LogP contribution in [0.25, 0.3) is 0 Å². The second-order valence-electron chi connectivity index (χ2n) is 6.14. The molecule has 0 aliphatic heterocycles. The standard InChI is InChI=1S/C17H26N2O4/c1-12(2)11-14(17(21)22)18-16(20)13-7-5-6-8-15(13)23-10-9-19(3)4/h5-8,12,14H,9-11H2,1-4H3,(H,18,20)(H,21,22). The molecule has 6 heteroatoms. The van der Waals surface area contributed by atoms with Gasteiger partial charge in [0.25, 0.3) is 5.91 Å². The van der Waals surface area contributed by atoms with Gasteiger partial charge in [0.2, 0.25) is 0 Å². The molecule has 0 heterocycles. The lowest BCUT2D eigenvalue weighted by Gasteiger charge is -2.18. The molecule has 1 unspecified atom stereocenters. The normalized spacial score (nSPS) is 12.3. The highest BCUT2D eigenvalue weighted by molar-refractivity contribution is 5.98. The number of nitrogens with one attached hydrogen (secondary N) is 1. The van der Waals surface area contributed by atoms with Crippen LogP contribution in [0.5, 0.6) is 5.75 Å². The Morgan fingerprint density at radius 2 is 1.91 bits per heavy atom. The Morgan fingerprint density at radius 1 is 1.26 bits per heavy atom. The fourth-order valence-electron chi connectivity index (χ4n) is 2.05. The van der Waals surface area contributed by atoms with Crippen molar-refractivity contribution in [1.29, 1.82) is 0 Å². The summed E-state index contributed by atoms with van der Waals surface area (Å²) in [7, 11) is 3.87. The van der Waals surface area contributed by atoms with Gasteiger partial charge in [-0.25, -0.2) is 4.79 Å². The van der Waals surface area contributed by atoms with Crippen LogP contribution in [-0.4, -0.2) is 55.2 Å². The van der Waals surface area contributed by atoms with Crippen LogP contribution in [-0.2, 0) is 4.79 Å². The van der Waals surface area contributed by atoms with Crippen LogP contribution in [0.3, 0.4) is 0 Å². The molecule has 0 radical (unpaired) electrons. The van der Waals surface area contributed by atoms with Crippen molar-refractivity contribution in [3.8, 4) is 5.75 Å². The fourth-order valence-corrected chi connectivity index (χ4v) is 2.05. The molecule has 2 N–H and O–H groups in total. The van der Waals surface area contributed by atoms with E-state index in [9.17, 15) is 14.7 Å². The summed E-state index contributed by atoms with van der Waals surface area (Å²) < 4.78 is 5.64. The summed E-state index contributed by atoms with van der Waals surface area (Å²) in [5, 5.41) is 11.8. The van der Waals surface area contributed by atoms with E-state index in [-0.39, 0.29) is 5.92 Å². The molecule has 0 saturated heterocycles. The van der Waals surface area contributed by atoms with Crippen LogP contribution in [0.4, 0.5) is 0 Å². The number of carbonyl (C=O) groups excluding carboxylic acids is 1. The van der Waals surface area contributed by atoms with E-state index in [0.717, 1.165) is 6.54 Å². The number of amides is 1. The molecule has 0 fully saturated rings. The van der Waals surface area contributed by atoms with Crippen molar-refractivity contribution >= 4 is 11.9 Å². The van der Waals surface area contributed by atoms with Gasteiger partial charge in [-0.15, -0.1) is 0 Å². The van der Waals surface area contributed by atoms with E-state index >= 15 is 0 Å². The average molecular weight is 322 g/mol. The van der Waals surface area contributed by atoms with Crippen molar-refractivity contribution in [2.75, 3.05) is 27.2 Å². The number of nitrogens with zero attached hydrogens (tertiary/aromatic N) is 1. The number of hydrogen-bond acceptors (Lipinski definition) is 4. The molecule has 0 bridgehead atoms. The smallest absolute Gasteiger partial charge is 0.326 e. The van der Waals surface area contributed by atoms with Crippen molar-refractivity contribution < 1.29 is 19.4 Å². The first-order chi connectivity index (χ1) is 10.8. The maximum absolute atomic E-state index is 12.4. The average Bonchev–Trinajstić information content (AvgIpc) is 2.46. The summed E-state index contributed by atoms with van der Waals surface area (Å²) in [6.45, 7) is 5.01. The van der Waals surface area contributed by atoms with E-state index in [4.69, 9.17) is 4.74 Å². The number of benzene rings is 1. The zero-order valence-corrected chi connectivity index (χ0v) is 14.2. The number of rotatable bonds is 9. The third-order valence-corrected chi connectivity index (χ3v) is 3.24.